The van der Waals surface area contributed by atoms with Gasteiger partial charge in [-0.15, -0.1) is 0 Å². The Morgan fingerprint density at radius 1 is 1.06 bits per heavy atom. The molecule has 1 atom stereocenters. The summed E-state index contributed by atoms with van der Waals surface area (Å²) in [6.45, 7) is 1.68. The number of halogens is 2. The number of carbonyl (C=O) groups excluding carboxylic acids is 1. The first-order valence-corrected chi connectivity index (χ1v) is 11.6. The molecule has 0 spiro atoms. The molecule has 0 aliphatic carbocycles. The number of amides is 1. The van der Waals surface area contributed by atoms with Gasteiger partial charge in [-0.25, -0.2) is 8.42 Å². The second kappa shape index (κ2) is 8.42. The van der Waals surface area contributed by atoms with E-state index in [1.165, 1.54) is 10.4 Å². The van der Waals surface area contributed by atoms with Crippen LogP contribution in [0.1, 0.15) is 5.56 Å². The van der Waals surface area contributed by atoms with Crippen LogP contribution in [-0.2, 0) is 14.8 Å². The lowest BCUT2D eigenvalue weighted by molar-refractivity contribution is -0.122. The molecule has 31 heavy (non-hydrogen) atoms. The maximum atomic E-state index is 13.4. The van der Waals surface area contributed by atoms with E-state index in [1.54, 1.807) is 60.7 Å². The van der Waals surface area contributed by atoms with E-state index in [4.69, 9.17) is 27.9 Å². The number of ether oxygens (including phenoxy) is 1. The molecule has 0 saturated heterocycles. The largest absolute Gasteiger partial charge is 0.476 e. The molecule has 0 bridgehead atoms. The molecule has 6 nitrogen and oxygen atoms in total. The summed E-state index contributed by atoms with van der Waals surface area (Å²) in [5.74, 6) is -0.246. The maximum Gasteiger partial charge on any atom is 0.267 e. The lowest BCUT2D eigenvalue weighted by Gasteiger charge is -2.34. The molecule has 1 aliphatic rings. The summed E-state index contributed by atoms with van der Waals surface area (Å²) < 4.78 is 33.8. The minimum Gasteiger partial charge on any atom is -0.476 e. The van der Waals surface area contributed by atoms with Crippen molar-refractivity contribution in [3.8, 4) is 5.75 Å². The van der Waals surface area contributed by atoms with E-state index >= 15 is 0 Å². The fourth-order valence-corrected chi connectivity index (χ4v) is 5.02. The summed E-state index contributed by atoms with van der Waals surface area (Å²) in [7, 11) is -3.92. The fraction of sp³-hybridized carbons (Fsp3) is 0.136. The third kappa shape index (κ3) is 4.35. The van der Waals surface area contributed by atoms with E-state index in [2.05, 4.69) is 5.32 Å². The molecule has 3 aromatic rings. The zero-order valence-corrected chi connectivity index (χ0v) is 18.7. The second-order valence-corrected chi connectivity index (χ2v) is 9.74. The number of nitrogens with one attached hydrogen (secondary N) is 1. The molecule has 0 aromatic heterocycles. The summed E-state index contributed by atoms with van der Waals surface area (Å²) in [4.78, 5) is 13.1. The first-order valence-electron chi connectivity index (χ1n) is 9.37. The van der Waals surface area contributed by atoms with Crippen LogP contribution in [-0.4, -0.2) is 27.0 Å². The van der Waals surface area contributed by atoms with Crippen molar-refractivity contribution in [2.45, 2.75) is 17.9 Å². The van der Waals surface area contributed by atoms with Crippen LogP contribution in [0.5, 0.6) is 5.75 Å². The average molecular weight is 477 g/mol. The molecule has 0 unspecified atom stereocenters. The number of nitrogens with zero attached hydrogens (tertiary/aromatic N) is 1. The van der Waals surface area contributed by atoms with Gasteiger partial charge in [0, 0.05) is 5.02 Å². The van der Waals surface area contributed by atoms with Gasteiger partial charge in [-0.2, -0.15) is 0 Å². The van der Waals surface area contributed by atoms with E-state index in [0.29, 0.717) is 27.2 Å². The van der Waals surface area contributed by atoms with Gasteiger partial charge < -0.3 is 10.1 Å². The molecule has 3 aromatic carbocycles. The lowest BCUT2D eigenvalue weighted by atomic mass is 10.2. The number of fused-ring (bicyclic) bond motifs is 1. The van der Waals surface area contributed by atoms with E-state index < -0.39 is 22.0 Å². The number of hydrogen-bond donors (Lipinski definition) is 1. The Hall–Kier alpha value is -2.74. The van der Waals surface area contributed by atoms with Crippen molar-refractivity contribution in [2.75, 3.05) is 16.2 Å². The highest BCUT2D eigenvalue weighted by molar-refractivity contribution is 7.92. The van der Waals surface area contributed by atoms with E-state index in [-0.39, 0.29) is 11.4 Å². The van der Waals surface area contributed by atoms with E-state index in [1.807, 2.05) is 6.92 Å². The van der Waals surface area contributed by atoms with Crippen molar-refractivity contribution in [1.82, 2.24) is 0 Å². The van der Waals surface area contributed by atoms with Gasteiger partial charge in [0.2, 0.25) is 0 Å². The number of carbonyl (C=O) groups is 1. The highest BCUT2D eigenvalue weighted by atomic mass is 35.5. The Bertz CT molecular complexity index is 1250. The summed E-state index contributed by atoms with van der Waals surface area (Å²) in [5.41, 5.74) is 1.62. The van der Waals surface area contributed by atoms with Crippen molar-refractivity contribution in [3.63, 3.8) is 0 Å². The predicted octanol–water partition coefficient (Wildman–Crippen LogP) is 4.90. The van der Waals surface area contributed by atoms with Gasteiger partial charge in [0.25, 0.3) is 15.9 Å². The van der Waals surface area contributed by atoms with Gasteiger partial charge in [0.15, 0.2) is 6.10 Å². The smallest absolute Gasteiger partial charge is 0.267 e. The van der Waals surface area contributed by atoms with Gasteiger partial charge in [-0.3, -0.25) is 9.10 Å². The number of aryl methyl sites for hydroxylation is 1. The predicted molar refractivity (Wildman–Crippen MR) is 122 cm³/mol. The molecule has 1 aliphatic heterocycles. The van der Waals surface area contributed by atoms with Gasteiger partial charge in [0.05, 0.1) is 27.8 Å². The highest BCUT2D eigenvalue weighted by Crippen LogP contribution is 2.37. The van der Waals surface area contributed by atoms with Crippen molar-refractivity contribution in [2.24, 2.45) is 0 Å². The molecule has 1 N–H and O–H groups in total. The number of sulfonamides is 1. The first kappa shape index (κ1) is 21.5. The van der Waals surface area contributed by atoms with Crippen LogP contribution in [0.15, 0.2) is 71.6 Å². The van der Waals surface area contributed by atoms with Crippen LogP contribution in [0.4, 0.5) is 11.4 Å². The van der Waals surface area contributed by atoms with Crippen LogP contribution in [0, 0.1) is 6.92 Å². The monoisotopic (exact) mass is 476 g/mol. The summed E-state index contributed by atoms with van der Waals surface area (Å²) >= 11 is 12.1. The number of para-hydroxylation sites is 2. The molecular weight excluding hydrogens is 459 g/mol. The van der Waals surface area contributed by atoms with E-state index in [0.717, 1.165) is 5.56 Å². The third-order valence-electron chi connectivity index (χ3n) is 4.82. The Labute approximate surface area is 190 Å². The fourth-order valence-electron chi connectivity index (χ4n) is 3.21. The third-order valence-corrected chi connectivity index (χ3v) is 7.18. The van der Waals surface area contributed by atoms with E-state index in [9.17, 15) is 13.2 Å². The number of rotatable bonds is 4. The first-order chi connectivity index (χ1) is 14.8. The molecule has 160 valence electrons. The number of hydrogen-bond acceptors (Lipinski definition) is 4. The van der Waals surface area contributed by atoms with Crippen molar-refractivity contribution >= 4 is 50.5 Å². The van der Waals surface area contributed by atoms with Crippen molar-refractivity contribution < 1.29 is 17.9 Å². The Morgan fingerprint density at radius 3 is 2.52 bits per heavy atom. The SMILES string of the molecule is Cc1ccc(S(=O)(=O)N2C[C@@H](C(=O)Nc3cc(Cl)ccc3Cl)Oc3ccccc32)cc1. The normalized spacial score (nSPS) is 15.7. The molecule has 1 heterocycles. The number of anilines is 2. The summed E-state index contributed by atoms with van der Waals surface area (Å²) in [6.07, 6.45) is -1.09. The van der Waals surface area contributed by atoms with Crippen molar-refractivity contribution in [1.29, 1.82) is 0 Å². The van der Waals surface area contributed by atoms with Gasteiger partial charge in [-0.1, -0.05) is 53.0 Å². The minimum atomic E-state index is -3.92. The number of benzene rings is 3. The van der Waals surface area contributed by atoms with Crippen LogP contribution >= 0.6 is 23.2 Å². The Morgan fingerprint density at radius 2 is 1.77 bits per heavy atom. The summed E-state index contributed by atoms with van der Waals surface area (Å²) in [6, 6.07) is 17.9. The highest BCUT2D eigenvalue weighted by Gasteiger charge is 2.37. The summed E-state index contributed by atoms with van der Waals surface area (Å²) in [5, 5.41) is 3.37. The van der Waals surface area contributed by atoms with Crippen LogP contribution in [0.2, 0.25) is 10.0 Å². The molecule has 0 radical (unpaired) electrons. The molecule has 4 rings (SSSR count). The van der Waals surface area contributed by atoms with Crippen LogP contribution < -0.4 is 14.4 Å². The molecular formula is C22H18Cl2N2O4S. The Balaban J connectivity index is 1.68. The molecule has 0 saturated carbocycles. The molecule has 0 fully saturated rings. The van der Waals surface area contributed by atoms with Gasteiger partial charge in [-0.05, 0) is 49.4 Å². The van der Waals surface area contributed by atoms with Crippen LogP contribution in [0.3, 0.4) is 0 Å². The Kier molecular flexibility index (Phi) is 5.83. The topological polar surface area (TPSA) is 75.7 Å². The quantitative estimate of drug-likeness (QED) is 0.580. The van der Waals surface area contributed by atoms with Crippen LogP contribution in [0.25, 0.3) is 0 Å². The molecule has 1 amide bonds. The zero-order chi connectivity index (χ0) is 22.2. The zero-order valence-electron chi connectivity index (χ0n) is 16.4. The maximum absolute atomic E-state index is 13.4. The lowest BCUT2D eigenvalue weighted by Crippen LogP contribution is -2.48. The van der Waals surface area contributed by atoms with Crippen molar-refractivity contribution in [3.05, 3.63) is 82.3 Å². The second-order valence-electron chi connectivity index (χ2n) is 7.04. The minimum absolute atomic E-state index is 0.131. The standard InChI is InChI=1S/C22H18Cl2N2O4S/c1-14-6-9-16(10-7-14)31(28,29)26-13-21(30-20-5-3-2-4-19(20)26)22(27)25-18-12-15(23)8-11-17(18)24/h2-12,21H,13H2,1H3,(H,25,27)/t21-/m0/s1. The van der Waals surface area contributed by atoms with Gasteiger partial charge >= 0.3 is 0 Å². The van der Waals surface area contributed by atoms with Gasteiger partial charge in [0.1, 0.15) is 5.75 Å². The average Bonchev–Trinajstić information content (AvgIpc) is 2.75. The molecule has 9 heteroatoms.